The summed E-state index contributed by atoms with van der Waals surface area (Å²) in [6.07, 6.45) is 0. The maximum atomic E-state index is 12.9. The molecule has 1 atom stereocenters. The van der Waals surface area contributed by atoms with Gasteiger partial charge in [-0.2, -0.15) is 0 Å². The third-order valence-corrected chi connectivity index (χ3v) is 5.17. The molecule has 0 saturated carbocycles. The molecule has 0 spiro atoms. The highest BCUT2D eigenvalue weighted by Gasteiger charge is 2.32. The molecule has 2 aromatic rings. The second-order valence-corrected chi connectivity index (χ2v) is 7.23. The van der Waals surface area contributed by atoms with Crippen molar-refractivity contribution in [1.82, 2.24) is 4.90 Å². The van der Waals surface area contributed by atoms with Crippen molar-refractivity contribution < 1.29 is 9.53 Å². The van der Waals surface area contributed by atoms with Crippen LogP contribution in [0.3, 0.4) is 0 Å². The lowest BCUT2D eigenvalue weighted by atomic mass is 10.0. The first-order valence-electron chi connectivity index (χ1n) is 9.28. The Labute approximate surface area is 156 Å². The van der Waals surface area contributed by atoms with Crippen LogP contribution in [0.1, 0.15) is 37.8 Å². The summed E-state index contributed by atoms with van der Waals surface area (Å²) >= 11 is 0. The van der Waals surface area contributed by atoms with Crippen molar-refractivity contribution in [1.29, 1.82) is 0 Å². The van der Waals surface area contributed by atoms with Gasteiger partial charge >= 0.3 is 0 Å². The Morgan fingerprint density at radius 3 is 2.50 bits per heavy atom. The first kappa shape index (κ1) is 18.5. The van der Waals surface area contributed by atoms with Gasteiger partial charge in [0.25, 0.3) is 0 Å². The molecule has 1 fully saturated rings. The van der Waals surface area contributed by atoms with Gasteiger partial charge in [0, 0.05) is 25.3 Å². The van der Waals surface area contributed by atoms with E-state index in [1.54, 1.807) is 7.11 Å². The molecular weight excluding hydrogens is 324 g/mol. The SMILES string of the molecule is COc1cccc(CN2CCN(c3ccc(C(C)C)cc3)C(=O)C2C)c1. The van der Waals surface area contributed by atoms with E-state index in [1.165, 1.54) is 11.1 Å². The van der Waals surface area contributed by atoms with Crippen molar-refractivity contribution in [2.45, 2.75) is 39.3 Å². The van der Waals surface area contributed by atoms with Crippen LogP contribution in [0, 0.1) is 0 Å². The van der Waals surface area contributed by atoms with Gasteiger partial charge < -0.3 is 9.64 Å². The fraction of sp³-hybridized carbons (Fsp3) is 0.409. The fourth-order valence-corrected chi connectivity index (χ4v) is 3.43. The summed E-state index contributed by atoms with van der Waals surface area (Å²) in [6.45, 7) is 8.69. The molecule has 26 heavy (non-hydrogen) atoms. The van der Waals surface area contributed by atoms with Crippen LogP contribution in [0.25, 0.3) is 0 Å². The molecule has 0 aromatic heterocycles. The summed E-state index contributed by atoms with van der Waals surface area (Å²) < 4.78 is 5.30. The maximum Gasteiger partial charge on any atom is 0.244 e. The molecule has 2 aromatic carbocycles. The highest BCUT2D eigenvalue weighted by atomic mass is 16.5. The Kier molecular flexibility index (Phi) is 5.62. The third-order valence-electron chi connectivity index (χ3n) is 5.17. The molecule has 0 radical (unpaired) electrons. The molecule has 1 unspecified atom stereocenters. The summed E-state index contributed by atoms with van der Waals surface area (Å²) in [5, 5.41) is 0. The number of amides is 1. The average molecular weight is 352 g/mol. The summed E-state index contributed by atoms with van der Waals surface area (Å²) in [5.41, 5.74) is 3.46. The minimum Gasteiger partial charge on any atom is -0.497 e. The molecule has 1 saturated heterocycles. The van der Waals surface area contributed by atoms with Gasteiger partial charge in [-0.05, 0) is 48.2 Å². The molecule has 1 aliphatic rings. The molecule has 3 rings (SSSR count). The quantitative estimate of drug-likeness (QED) is 0.814. The van der Waals surface area contributed by atoms with Crippen LogP contribution in [0.5, 0.6) is 5.75 Å². The van der Waals surface area contributed by atoms with Crippen LogP contribution in [0.4, 0.5) is 5.69 Å². The fourth-order valence-electron chi connectivity index (χ4n) is 3.43. The molecule has 0 N–H and O–H groups in total. The predicted octanol–water partition coefficient (Wildman–Crippen LogP) is 4.06. The van der Waals surface area contributed by atoms with E-state index < -0.39 is 0 Å². The number of carbonyl (C=O) groups excluding carboxylic acids is 1. The summed E-state index contributed by atoms with van der Waals surface area (Å²) in [5.74, 6) is 1.51. The molecule has 1 amide bonds. The van der Waals surface area contributed by atoms with Crippen molar-refractivity contribution in [2.75, 3.05) is 25.1 Å². The van der Waals surface area contributed by atoms with Gasteiger partial charge in [0.2, 0.25) is 5.91 Å². The number of carbonyl (C=O) groups is 1. The van der Waals surface area contributed by atoms with E-state index in [0.29, 0.717) is 12.5 Å². The summed E-state index contributed by atoms with van der Waals surface area (Å²) in [6, 6.07) is 16.3. The number of anilines is 1. The molecular formula is C22H28N2O2. The van der Waals surface area contributed by atoms with Crippen LogP contribution < -0.4 is 9.64 Å². The monoisotopic (exact) mass is 352 g/mol. The van der Waals surface area contributed by atoms with E-state index in [2.05, 4.69) is 49.1 Å². The van der Waals surface area contributed by atoms with Crippen molar-refractivity contribution >= 4 is 11.6 Å². The van der Waals surface area contributed by atoms with Crippen LogP contribution >= 0.6 is 0 Å². The number of ether oxygens (including phenoxy) is 1. The van der Waals surface area contributed by atoms with Gasteiger partial charge in [0.1, 0.15) is 5.75 Å². The lowest BCUT2D eigenvalue weighted by Gasteiger charge is -2.39. The van der Waals surface area contributed by atoms with Gasteiger partial charge in [-0.15, -0.1) is 0 Å². The number of nitrogens with zero attached hydrogens (tertiary/aromatic N) is 2. The van der Waals surface area contributed by atoms with E-state index in [9.17, 15) is 4.79 Å². The lowest BCUT2D eigenvalue weighted by molar-refractivity contribution is -0.125. The highest BCUT2D eigenvalue weighted by molar-refractivity contribution is 5.97. The number of hydrogen-bond donors (Lipinski definition) is 0. The number of rotatable bonds is 5. The Bertz CT molecular complexity index is 755. The van der Waals surface area contributed by atoms with E-state index in [4.69, 9.17) is 4.74 Å². The van der Waals surface area contributed by atoms with Gasteiger partial charge in [0.15, 0.2) is 0 Å². The predicted molar refractivity (Wildman–Crippen MR) is 106 cm³/mol. The molecule has 138 valence electrons. The first-order chi connectivity index (χ1) is 12.5. The van der Waals surface area contributed by atoms with Gasteiger partial charge in [0.05, 0.1) is 13.2 Å². The smallest absolute Gasteiger partial charge is 0.244 e. The zero-order valence-electron chi connectivity index (χ0n) is 16.1. The second kappa shape index (κ2) is 7.92. The minimum absolute atomic E-state index is 0.139. The van der Waals surface area contributed by atoms with Crippen LogP contribution in [0.2, 0.25) is 0 Å². The third kappa shape index (κ3) is 3.91. The number of hydrogen-bond acceptors (Lipinski definition) is 3. The summed E-state index contributed by atoms with van der Waals surface area (Å²) in [7, 11) is 1.68. The Morgan fingerprint density at radius 2 is 1.85 bits per heavy atom. The van der Waals surface area contributed by atoms with E-state index >= 15 is 0 Å². The number of benzene rings is 2. The van der Waals surface area contributed by atoms with E-state index in [1.807, 2.05) is 30.0 Å². The summed E-state index contributed by atoms with van der Waals surface area (Å²) in [4.78, 5) is 17.1. The van der Waals surface area contributed by atoms with Crippen molar-refractivity contribution in [3.05, 3.63) is 59.7 Å². The normalized spacial score (nSPS) is 18.4. The first-order valence-corrected chi connectivity index (χ1v) is 9.28. The van der Waals surface area contributed by atoms with Gasteiger partial charge in [-0.1, -0.05) is 38.1 Å². The second-order valence-electron chi connectivity index (χ2n) is 7.23. The zero-order chi connectivity index (χ0) is 18.7. The average Bonchev–Trinajstić information content (AvgIpc) is 2.66. The minimum atomic E-state index is -0.139. The molecule has 0 aliphatic carbocycles. The van der Waals surface area contributed by atoms with Crippen molar-refractivity contribution in [3.8, 4) is 5.75 Å². The number of methoxy groups -OCH3 is 1. The Morgan fingerprint density at radius 1 is 1.12 bits per heavy atom. The Balaban J connectivity index is 1.69. The van der Waals surface area contributed by atoms with E-state index in [-0.39, 0.29) is 11.9 Å². The molecule has 0 bridgehead atoms. The van der Waals surface area contributed by atoms with Crippen LogP contribution in [0.15, 0.2) is 48.5 Å². The van der Waals surface area contributed by atoms with Gasteiger partial charge in [-0.3, -0.25) is 9.69 Å². The standard InChI is InChI=1S/C22H28N2O2/c1-16(2)19-8-10-20(11-9-19)24-13-12-23(17(3)22(24)25)15-18-6-5-7-21(14-18)26-4/h5-11,14,16-17H,12-13,15H2,1-4H3. The maximum absolute atomic E-state index is 12.9. The van der Waals surface area contributed by atoms with Crippen molar-refractivity contribution in [3.63, 3.8) is 0 Å². The zero-order valence-corrected chi connectivity index (χ0v) is 16.1. The molecule has 4 nitrogen and oxygen atoms in total. The highest BCUT2D eigenvalue weighted by Crippen LogP contribution is 2.24. The topological polar surface area (TPSA) is 32.8 Å². The van der Waals surface area contributed by atoms with Gasteiger partial charge in [-0.25, -0.2) is 0 Å². The van der Waals surface area contributed by atoms with Crippen LogP contribution in [-0.4, -0.2) is 37.0 Å². The largest absolute Gasteiger partial charge is 0.497 e. The van der Waals surface area contributed by atoms with Crippen LogP contribution in [-0.2, 0) is 11.3 Å². The number of piperazine rings is 1. The Hall–Kier alpha value is -2.33. The molecule has 1 aliphatic heterocycles. The molecule has 1 heterocycles. The molecule has 4 heteroatoms. The van der Waals surface area contributed by atoms with Crippen molar-refractivity contribution in [2.24, 2.45) is 0 Å². The van der Waals surface area contributed by atoms with E-state index in [0.717, 1.165) is 24.5 Å². The lowest BCUT2D eigenvalue weighted by Crippen LogP contribution is -2.55.